The molecule has 0 spiro atoms. The fraction of sp³-hybridized carbons (Fsp3) is 0.923. The van der Waals surface area contributed by atoms with Crippen LogP contribution in [0.4, 0.5) is 0 Å². The van der Waals surface area contributed by atoms with E-state index in [1.807, 2.05) is 4.90 Å². The average Bonchev–Trinajstić information content (AvgIpc) is 2.70. The number of carboxylic acids is 1. The van der Waals surface area contributed by atoms with Gasteiger partial charge in [0, 0.05) is 12.6 Å². The predicted octanol–water partition coefficient (Wildman–Crippen LogP) is 1.14. The molecule has 5 nitrogen and oxygen atoms in total. The van der Waals surface area contributed by atoms with Crippen LogP contribution in [0.5, 0.6) is 0 Å². The second-order valence-electron chi connectivity index (χ2n) is 5.88. The Hall–Kier alpha value is -0.620. The van der Waals surface area contributed by atoms with E-state index in [-0.39, 0.29) is 24.1 Å². The molecule has 1 aliphatic heterocycles. The minimum atomic E-state index is -2.95. The molecule has 0 radical (unpaired) electrons. The molecule has 2 aliphatic rings. The van der Waals surface area contributed by atoms with Crippen molar-refractivity contribution >= 4 is 15.8 Å². The van der Waals surface area contributed by atoms with Crippen LogP contribution >= 0.6 is 0 Å². The van der Waals surface area contributed by atoms with Gasteiger partial charge in [0.2, 0.25) is 0 Å². The van der Waals surface area contributed by atoms with Gasteiger partial charge in [0.25, 0.3) is 0 Å². The summed E-state index contributed by atoms with van der Waals surface area (Å²) in [5.74, 6) is 0.0161. The fourth-order valence-electron chi connectivity index (χ4n) is 3.28. The van der Waals surface area contributed by atoms with Crippen LogP contribution in [0, 0.1) is 5.92 Å². The van der Waals surface area contributed by atoms with Crippen molar-refractivity contribution in [2.24, 2.45) is 5.92 Å². The first kappa shape index (κ1) is 14.8. The zero-order valence-corrected chi connectivity index (χ0v) is 12.1. The summed E-state index contributed by atoms with van der Waals surface area (Å²) in [6.07, 6.45) is 6.59. The van der Waals surface area contributed by atoms with Crippen LogP contribution in [0.3, 0.4) is 0 Å². The number of hydrogen-bond acceptors (Lipinski definition) is 4. The van der Waals surface area contributed by atoms with Gasteiger partial charge in [-0.25, -0.2) is 8.42 Å². The van der Waals surface area contributed by atoms with Gasteiger partial charge in [0.1, 0.15) is 0 Å². The largest absolute Gasteiger partial charge is 0.480 e. The minimum Gasteiger partial charge on any atom is -0.480 e. The third kappa shape index (κ3) is 4.45. The summed E-state index contributed by atoms with van der Waals surface area (Å²) in [6.45, 7) is 0.711. The molecule has 2 fully saturated rings. The zero-order chi connectivity index (χ0) is 13.9. The molecule has 0 amide bonds. The number of hydrogen-bond donors (Lipinski definition) is 1. The van der Waals surface area contributed by atoms with Gasteiger partial charge in [-0.15, -0.1) is 0 Å². The highest BCUT2D eigenvalue weighted by molar-refractivity contribution is 7.91. The van der Waals surface area contributed by atoms with E-state index in [1.54, 1.807) is 0 Å². The average molecular weight is 289 g/mol. The van der Waals surface area contributed by atoms with Gasteiger partial charge >= 0.3 is 5.97 Å². The Bertz CT molecular complexity index is 414. The molecular weight excluding hydrogens is 266 g/mol. The summed E-state index contributed by atoms with van der Waals surface area (Å²) >= 11 is 0. The van der Waals surface area contributed by atoms with Crippen molar-refractivity contribution in [3.05, 3.63) is 0 Å². The molecule has 1 N–H and O–H groups in total. The normalized spacial score (nSPS) is 27.7. The Morgan fingerprint density at radius 2 is 1.84 bits per heavy atom. The molecule has 1 saturated heterocycles. The predicted molar refractivity (Wildman–Crippen MR) is 72.8 cm³/mol. The summed E-state index contributed by atoms with van der Waals surface area (Å²) in [7, 11) is -2.95. The standard InChI is InChI=1S/C13H23NO4S/c15-13(16)9-14(8-11-4-2-1-3-5-11)12-6-7-19(17,18)10-12/h11-12H,1-10H2,(H,15,16). The molecular formula is C13H23NO4S. The van der Waals surface area contributed by atoms with Crippen LogP contribution < -0.4 is 0 Å². The minimum absolute atomic E-state index is 0.0311. The molecule has 0 aromatic carbocycles. The topological polar surface area (TPSA) is 74.7 Å². The number of nitrogens with zero attached hydrogens (tertiary/aromatic N) is 1. The van der Waals surface area contributed by atoms with Crippen LogP contribution in [0.25, 0.3) is 0 Å². The lowest BCUT2D eigenvalue weighted by atomic mass is 9.88. The third-order valence-corrected chi connectivity index (χ3v) is 6.03. The van der Waals surface area contributed by atoms with Crippen LogP contribution in [-0.4, -0.2) is 55.0 Å². The molecule has 1 saturated carbocycles. The van der Waals surface area contributed by atoms with Crippen LogP contribution in [0.15, 0.2) is 0 Å². The third-order valence-electron chi connectivity index (χ3n) is 4.28. The van der Waals surface area contributed by atoms with Crippen molar-refractivity contribution in [3.8, 4) is 0 Å². The molecule has 0 aromatic heterocycles. The monoisotopic (exact) mass is 289 g/mol. The van der Waals surface area contributed by atoms with Gasteiger partial charge in [0.05, 0.1) is 18.1 Å². The Labute approximate surface area is 114 Å². The smallest absolute Gasteiger partial charge is 0.317 e. The second kappa shape index (κ2) is 6.22. The highest BCUT2D eigenvalue weighted by Gasteiger charge is 2.34. The van der Waals surface area contributed by atoms with Crippen molar-refractivity contribution in [3.63, 3.8) is 0 Å². The molecule has 2 rings (SSSR count). The van der Waals surface area contributed by atoms with E-state index < -0.39 is 15.8 Å². The first-order valence-electron chi connectivity index (χ1n) is 7.12. The van der Waals surface area contributed by atoms with Crippen molar-refractivity contribution < 1.29 is 18.3 Å². The van der Waals surface area contributed by atoms with Gasteiger partial charge in [-0.2, -0.15) is 0 Å². The summed E-state index contributed by atoms with van der Waals surface area (Å²) in [5.41, 5.74) is 0. The summed E-state index contributed by atoms with van der Waals surface area (Å²) in [4.78, 5) is 12.9. The maximum absolute atomic E-state index is 11.5. The van der Waals surface area contributed by atoms with E-state index in [9.17, 15) is 13.2 Å². The Kier molecular flexibility index (Phi) is 4.84. The van der Waals surface area contributed by atoms with Gasteiger partial charge < -0.3 is 5.11 Å². The number of aliphatic carboxylic acids is 1. The Balaban J connectivity index is 1.97. The van der Waals surface area contributed by atoms with Crippen LogP contribution in [-0.2, 0) is 14.6 Å². The van der Waals surface area contributed by atoms with E-state index in [0.29, 0.717) is 12.3 Å². The second-order valence-corrected chi connectivity index (χ2v) is 8.11. The van der Waals surface area contributed by atoms with E-state index in [2.05, 4.69) is 0 Å². The van der Waals surface area contributed by atoms with Crippen molar-refractivity contribution in [2.75, 3.05) is 24.6 Å². The van der Waals surface area contributed by atoms with E-state index >= 15 is 0 Å². The quantitative estimate of drug-likeness (QED) is 0.821. The van der Waals surface area contributed by atoms with Crippen LogP contribution in [0.1, 0.15) is 38.5 Å². The summed E-state index contributed by atoms with van der Waals surface area (Å²) in [6, 6.07) is -0.0944. The van der Waals surface area contributed by atoms with Crippen molar-refractivity contribution in [1.82, 2.24) is 4.90 Å². The van der Waals surface area contributed by atoms with Gasteiger partial charge in [-0.1, -0.05) is 19.3 Å². The van der Waals surface area contributed by atoms with Crippen molar-refractivity contribution in [2.45, 2.75) is 44.6 Å². The lowest BCUT2D eigenvalue weighted by Gasteiger charge is -2.32. The highest BCUT2D eigenvalue weighted by Crippen LogP contribution is 2.26. The Morgan fingerprint density at radius 3 is 2.37 bits per heavy atom. The lowest BCUT2D eigenvalue weighted by molar-refractivity contribution is -0.139. The Morgan fingerprint density at radius 1 is 1.16 bits per heavy atom. The van der Waals surface area contributed by atoms with Gasteiger partial charge in [-0.05, 0) is 25.2 Å². The fourth-order valence-corrected chi connectivity index (χ4v) is 5.04. The molecule has 1 aliphatic carbocycles. The first-order chi connectivity index (χ1) is 8.96. The van der Waals surface area contributed by atoms with Crippen LogP contribution in [0.2, 0.25) is 0 Å². The van der Waals surface area contributed by atoms with E-state index in [1.165, 1.54) is 19.3 Å². The number of carbonyl (C=O) groups is 1. The molecule has 1 atom stereocenters. The molecule has 0 bridgehead atoms. The van der Waals surface area contributed by atoms with Gasteiger partial charge in [0.15, 0.2) is 9.84 Å². The molecule has 1 unspecified atom stereocenters. The molecule has 0 aromatic rings. The number of rotatable bonds is 5. The lowest BCUT2D eigenvalue weighted by Crippen LogP contribution is -2.43. The van der Waals surface area contributed by atoms with E-state index in [0.717, 1.165) is 19.4 Å². The summed E-state index contributed by atoms with van der Waals surface area (Å²) in [5, 5.41) is 9.01. The van der Waals surface area contributed by atoms with Gasteiger partial charge in [-0.3, -0.25) is 9.69 Å². The SMILES string of the molecule is O=C(O)CN(CC1CCCCC1)C1CCS(=O)(=O)C1. The molecule has 6 heteroatoms. The maximum atomic E-state index is 11.5. The number of sulfone groups is 1. The van der Waals surface area contributed by atoms with Crippen molar-refractivity contribution in [1.29, 1.82) is 0 Å². The van der Waals surface area contributed by atoms with E-state index in [4.69, 9.17) is 5.11 Å². The maximum Gasteiger partial charge on any atom is 0.317 e. The molecule has 19 heavy (non-hydrogen) atoms. The molecule has 110 valence electrons. The summed E-state index contributed by atoms with van der Waals surface area (Å²) < 4.78 is 23.1. The zero-order valence-electron chi connectivity index (χ0n) is 11.3. The first-order valence-corrected chi connectivity index (χ1v) is 8.95. The highest BCUT2D eigenvalue weighted by atomic mass is 32.2. The molecule has 1 heterocycles. The number of carboxylic acid groups (broad SMARTS) is 1.